The number of phosphoric ester groups is 1. The maximum atomic E-state index is 12.8. The Hall–Kier alpha value is -0.500. The van der Waals surface area contributed by atoms with Gasteiger partial charge in [0.1, 0.15) is 13.2 Å². The van der Waals surface area contributed by atoms with Gasteiger partial charge >= 0.3 is 0 Å². The minimum absolute atomic E-state index is 0.0156. The van der Waals surface area contributed by atoms with Crippen LogP contribution in [-0.2, 0) is 18.4 Å². The predicted molar refractivity (Wildman–Crippen MR) is 201 cm³/mol. The van der Waals surface area contributed by atoms with E-state index in [4.69, 9.17) is 9.05 Å². The van der Waals surface area contributed by atoms with Gasteiger partial charge in [-0.3, -0.25) is 9.36 Å². The molecule has 8 nitrogen and oxygen atoms in total. The molecule has 0 rings (SSSR count). The number of likely N-dealkylation sites (N-methyl/N-ethyl adjacent to an activating group) is 1. The minimum Gasteiger partial charge on any atom is -0.756 e. The fourth-order valence-electron chi connectivity index (χ4n) is 6.04. The van der Waals surface area contributed by atoms with Crippen LogP contribution in [0.5, 0.6) is 0 Å². The number of quaternary nitrogens is 1. The van der Waals surface area contributed by atoms with E-state index in [9.17, 15) is 19.4 Å². The molecular weight excluding hydrogens is 623 g/mol. The van der Waals surface area contributed by atoms with Gasteiger partial charge in [-0.2, -0.15) is 0 Å². The van der Waals surface area contributed by atoms with Crippen LogP contribution in [0.1, 0.15) is 194 Å². The summed E-state index contributed by atoms with van der Waals surface area (Å²) in [6.45, 7) is 4.71. The summed E-state index contributed by atoms with van der Waals surface area (Å²) in [4.78, 5) is 25.2. The van der Waals surface area contributed by atoms with Crippen molar-refractivity contribution in [2.75, 3.05) is 40.9 Å². The molecule has 0 spiro atoms. The van der Waals surface area contributed by atoms with Crippen molar-refractivity contribution in [3.63, 3.8) is 0 Å². The summed E-state index contributed by atoms with van der Waals surface area (Å²) in [5.41, 5.74) is 0. The maximum absolute atomic E-state index is 12.8. The molecule has 0 aromatic heterocycles. The summed E-state index contributed by atoms with van der Waals surface area (Å²) >= 11 is 0. The number of phosphoric acid groups is 1. The van der Waals surface area contributed by atoms with Crippen molar-refractivity contribution in [2.24, 2.45) is 0 Å². The Kier molecular flexibility index (Phi) is 32.1. The Labute approximate surface area is 298 Å². The van der Waals surface area contributed by atoms with E-state index >= 15 is 0 Å². The van der Waals surface area contributed by atoms with Crippen molar-refractivity contribution in [2.45, 2.75) is 206 Å². The van der Waals surface area contributed by atoms with Gasteiger partial charge in [0.25, 0.3) is 7.82 Å². The first kappa shape index (κ1) is 47.5. The Morgan fingerprint density at radius 3 is 1.42 bits per heavy atom. The SMILES string of the molecule is CCCCCCCCCCCCCCCCCCC(=O)N[C@@H](COP(=O)([O-])OCC[N+](C)(C)C)[C@H](O)CCCCCCCCCCCC. The highest BCUT2D eigenvalue weighted by molar-refractivity contribution is 7.45. The lowest BCUT2D eigenvalue weighted by atomic mass is 10.0. The number of hydrogen-bond donors (Lipinski definition) is 2. The molecule has 0 aromatic rings. The van der Waals surface area contributed by atoms with Gasteiger partial charge in [0.15, 0.2) is 0 Å². The van der Waals surface area contributed by atoms with Crippen molar-refractivity contribution >= 4 is 13.7 Å². The van der Waals surface area contributed by atoms with E-state index in [1.54, 1.807) is 0 Å². The van der Waals surface area contributed by atoms with Crippen LogP contribution in [0.3, 0.4) is 0 Å². The monoisotopic (exact) mass is 705 g/mol. The molecule has 0 fully saturated rings. The molecule has 1 amide bonds. The second-order valence-corrected chi connectivity index (χ2v) is 16.8. The van der Waals surface area contributed by atoms with Crippen molar-refractivity contribution in [3.05, 3.63) is 0 Å². The summed E-state index contributed by atoms with van der Waals surface area (Å²) in [7, 11) is 1.31. The standard InChI is InChI=1S/C39H81N2O6P/c1-6-8-10-12-14-16-18-19-20-21-22-23-25-27-29-31-33-39(43)40-37(36-47-48(44,45)46-35-34-41(3,4)5)38(42)32-30-28-26-24-17-15-13-11-9-7-2/h37-38,42H,6-36H2,1-5H3,(H-,40,43,44,45)/t37-,38+/m0/s1. The summed E-state index contributed by atoms with van der Waals surface area (Å²) in [5, 5.41) is 13.8. The molecule has 0 radical (unpaired) electrons. The van der Waals surface area contributed by atoms with Crippen LogP contribution in [-0.4, -0.2) is 68.5 Å². The Bertz CT molecular complexity index is 763. The van der Waals surface area contributed by atoms with E-state index in [-0.39, 0.29) is 19.1 Å². The number of nitrogens with zero attached hydrogens (tertiary/aromatic N) is 1. The molecule has 0 aliphatic heterocycles. The number of aliphatic hydroxyl groups is 1. The summed E-state index contributed by atoms with van der Waals surface area (Å²) in [6.07, 6.45) is 32.4. The number of carbonyl (C=O) groups excluding carboxylic acids is 1. The molecule has 1 unspecified atom stereocenters. The van der Waals surface area contributed by atoms with Crippen molar-refractivity contribution in [3.8, 4) is 0 Å². The maximum Gasteiger partial charge on any atom is 0.268 e. The van der Waals surface area contributed by atoms with Gasteiger partial charge in [-0.15, -0.1) is 0 Å². The van der Waals surface area contributed by atoms with Gasteiger partial charge in [0, 0.05) is 6.42 Å². The van der Waals surface area contributed by atoms with E-state index in [0.29, 0.717) is 23.9 Å². The number of aliphatic hydroxyl groups excluding tert-OH is 1. The quantitative estimate of drug-likeness (QED) is 0.0379. The van der Waals surface area contributed by atoms with Gasteiger partial charge in [0.05, 0.1) is 39.9 Å². The van der Waals surface area contributed by atoms with Crippen LogP contribution >= 0.6 is 7.82 Å². The molecule has 0 aliphatic rings. The highest BCUT2D eigenvalue weighted by atomic mass is 31.2. The third-order valence-corrected chi connectivity index (χ3v) is 10.3. The van der Waals surface area contributed by atoms with Crippen LogP contribution < -0.4 is 10.2 Å². The lowest BCUT2D eigenvalue weighted by molar-refractivity contribution is -0.870. The molecule has 2 N–H and O–H groups in total. The summed E-state index contributed by atoms with van der Waals surface area (Å²) < 4.78 is 23.2. The molecule has 3 atom stereocenters. The molecule has 0 saturated carbocycles. The molecule has 0 aliphatic carbocycles. The van der Waals surface area contributed by atoms with E-state index in [1.807, 2.05) is 21.1 Å². The number of unbranched alkanes of at least 4 members (excludes halogenated alkanes) is 24. The first-order valence-corrected chi connectivity index (χ1v) is 21.8. The Balaban J connectivity index is 4.34. The molecule has 0 bridgehead atoms. The first-order valence-electron chi connectivity index (χ1n) is 20.4. The van der Waals surface area contributed by atoms with Gasteiger partial charge in [-0.05, 0) is 12.8 Å². The lowest BCUT2D eigenvalue weighted by Crippen LogP contribution is -2.46. The molecular formula is C39H81N2O6P. The van der Waals surface area contributed by atoms with Crippen molar-refractivity contribution in [1.82, 2.24) is 5.32 Å². The normalized spacial score (nSPS) is 14.6. The highest BCUT2D eigenvalue weighted by Crippen LogP contribution is 2.38. The summed E-state index contributed by atoms with van der Waals surface area (Å²) in [5.74, 6) is -0.164. The summed E-state index contributed by atoms with van der Waals surface area (Å²) in [6, 6.07) is -0.790. The van der Waals surface area contributed by atoms with Gasteiger partial charge < -0.3 is 28.8 Å². The third kappa shape index (κ3) is 34.0. The van der Waals surface area contributed by atoms with Crippen molar-refractivity contribution < 1.29 is 32.9 Å². The zero-order chi connectivity index (χ0) is 35.8. The van der Waals surface area contributed by atoms with Gasteiger partial charge in [-0.1, -0.05) is 174 Å². The van der Waals surface area contributed by atoms with Crippen LogP contribution in [0.2, 0.25) is 0 Å². The predicted octanol–water partition coefficient (Wildman–Crippen LogP) is 10.0. The number of carbonyl (C=O) groups is 1. The van der Waals surface area contributed by atoms with Crippen LogP contribution in [0.15, 0.2) is 0 Å². The second kappa shape index (κ2) is 32.4. The molecule has 288 valence electrons. The van der Waals surface area contributed by atoms with E-state index in [2.05, 4.69) is 19.2 Å². The minimum atomic E-state index is -4.55. The Morgan fingerprint density at radius 1 is 0.646 bits per heavy atom. The zero-order valence-corrected chi connectivity index (χ0v) is 33.4. The van der Waals surface area contributed by atoms with Crippen molar-refractivity contribution in [1.29, 1.82) is 0 Å². The largest absolute Gasteiger partial charge is 0.756 e. The second-order valence-electron chi connectivity index (χ2n) is 15.4. The topological polar surface area (TPSA) is 108 Å². The van der Waals surface area contributed by atoms with E-state index in [1.165, 1.54) is 128 Å². The first-order chi connectivity index (χ1) is 23.0. The average Bonchev–Trinajstić information content (AvgIpc) is 3.02. The van der Waals surface area contributed by atoms with Gasteiger partial charge in [-0.25, -0.2) is 0 Å². The molecule has 9 heteroatoms. The molecule has 0 saturated heterocycles. The fourth-order valence-corrected chi connectivity index (χ4v) is 6.76. The number of rotatable bonds is 37. The average molecular weight is 705 g/mol. The lowest BCUT2D eigenvalue weighted by Gasteiger charge is -2.30. The highest BCUT2D eigenvalue weighted by Gasteiger charge is 2.24. The number of nitrogens with one attached hydrogen (secondary N) is 1. The molecule has 0 heterocycles. The third-order valence-electron chi connectivity index (χ3n) is 9.35. The fraction of sp³-hybridized carbons (Fsp3) is 0.974. The number of amides is 1. The van der Waals surface area contributed by atoms with Crippen LogP contribution in [0.4, 0.5) is 0 Å². The zero-order valence-electron chi connectivity index (χ0n) is 32.5. The van der Waals surface area contributed by atoms with E-state index in [0.717, 1.165) is 38.5 Å². The smallest absolute Gasteiger partial charge is 0.268 e. The van der Waals surface area contributed by atoms with Gasteiger partial charge in [0.2, 0.25) is 5.91 Å². The van der Waals surface area contributed by atoms with E-state index < -0.39 is 20.0 Å². The molecule has 0 aromatic carbocycles. The van der Waals surface area contributed by atoms with Crippen LogP contribution in [0, 0.1) is 0 Å². The number of hydrogen-bond acceptors (Lipinski definition) is 6. The Morgan fingerprint density at radius 2 is 1.02 bits per heavy atom. The van der Waals surface area contributed by atoms with Crippen LogP contribution in [0.25, 0.3) is 0 Å². The molecule has 48 heavy (non-hydrogen) atoms.